The van der Waals surface area contributed by atoms with Crippen LogP contribution >= 0.6 is 22.9 Å². The number of hydrogen-bond acceptors (Lipinski definition) is 4. The fraction of sp³-hybridized carbons (Fsp3) is 0.200. The van der Waals surface area contributed by atoms with Crippen LogP contribution in [0.25, 0.3) is 10.4 Å². The van der Waals surface area contributed by atoms with Crippen LogP contribution in [0, 0.1) is 0 Å². The Labute approximate surface area is 126 Å². The van der Waals surface area contributed by atoms with Crippen molar-refractivity contribution >= 4 is 35.2 Å². The number of esters is 1. The molecule has 1 heterocycles. The third-order valence-electron chi connectivity index (χ3n) is 2.69. The molecular formula is C15H13ClO3S. The first-order chi connectivity index (χ1) is 9.63. The van der Waals surface area contributed by atoms with E-state index in [1.807, 2.05) is 12.1 Å². The third-order valence-corrected chi connectivity index (χ3v) is 4.09. The highest BCUT2D eigenvalue weighted by Gasteiger charge is 2.14. The highest BCUT2D eigenvalue weighted by atomic mass is 35.5. The molecule has 0 saturated carbocycles. The SMILES string of the molecule is CCOC(=O)Cc1cc(C=O)sc1-c1ccc(Cl)cc1. The van der Waals surface area contributed by atoms with Crippen LogP contribution in [0.4, 0.5) is 0 Å². The van der Waals surface area contributed by atoms with E-state index in [-0.39, 0.29) is 12.4 Å². The van der Waals surface area contributed by atoms with Crippen LogP contribution in [0.15, 0.2) is 30.3 Å². The van der Waals surface area contributed by atoms with E-state index in [1.165, 1.54) is 11.3 Å². The van der Waals surface area contributed by atoms with E-state index in [0.717, 1.165) is 22.3 Å². The number of hydrogen-bond donors (Lipinski definition) is 0. The van der Waals surface area contributed by atoms with Crippen molar-refractivity contribution in [2.75, 3.05) is 6.61 Å². The summed E-state index contributed by atoms with van der Waals surface area (Å²) in [5, 5.41) is 0.646. The number of benzene rings is 1. The van der Waals surface area contributed by atoms with E-state index in [2.05, 4.69) is 0 Å². The Morgan fingerprint density at radius 3 is 2.65 bits per heavy atom. The van der Waals surface area contributed by atoms with Gasteiger partial charge in [-0.25, -0.2) is 0 Å². The lowest BCUT2D eigenvalue weighted by molar-refractivity contribution is -0.142. The van der Waals surface area contributed by atoms with Gasteiger partial charge in [-0.2, -0.15) is 0 Å². The quantitative estimate of drug-likeness (QED) is 0.619. The summed E-state index contributed by atoms with van der Waals surface area (Å²) in [4.78, 5) is 24.1. The molecule has 0 fully saturated rings. The van der Waals surface area contributed by atoms with E-state index in [1.54, 1.807) is 25.1 Å². The van der Waals surface area contributed by atoms with Crippen LogP contribution in [-0.2, 0) is 16.0 Å². The Morgan fingerprint density at radius 2 is 2.05 bits per heavy atom. The Bertz CT molecular complexity index is 617. The molecule has 0 spiro atoms. The fourth-order valence-corrected chi connectivity index (χ4v) is 2.98. The molecule has 0 aliphatic heterocycles. The van der Waals surface area contributed by atoms with Gasteiger partial charge in [0.1, 0.15) is 0 Å². The zero-order chi connectivity index (χ0) is 14.5. The minimum atomic E-state index is -0.294. The van der Waals surface area contributed by atoms with Crippen molar-refractivity contribution in [1.82, 2.24) is 0 Å². The van der Waals surface area contributed by atoms with Crippen molar-refractivity contribution < 1.29 is 14.3 Å². The summed E-state index contributed by atoms with van der Waals surface area (Å²) in [6.45, 7) is 2.11. The van der Waals surface area contributed by atoms with Gasteiger partial charge < -0.3 is 4.74 Å². The molecule has 0 amide bonds. The first-order valence-corrected chi connectivity index (χ1v) is 7.33. The molecule has 104 valence electrons. The van der Waals surface area contributed by atoms with E-state index in [4.69, 9.17) is 16.3 Å². The lowest BCUT2D eigenvalue weighted by Crippen LogP contribution is -2.07. The zero-order valence-corrected chi connectivity index (χ0v) is 12.5. The summed E-state index contributed by atoms with van der Waals surface area (Å²) in [6, 6.07) is 9.05. The molecule has 0 saturated heterocycles. The van der Waals surface area contributed by atoms with E-state index < -0.39 is 0 Å². The minimum Gasteiger partial charge on any atom is -0.466 e. The maximum Gasteiger partial charge on any atom is 0.310 e. The van der Waals surface area contributed by atoms with Crippen LogP contribution in [0.3, 0.4) is 0 Å². The Kier molecular flexibility index (Phi) is 4.93. The average Bonchev–Trinajstić information content (AvgIpc) is 2.83. The Balaban J connectivity index is 2.35. The van der Waals surface area contributed by atoms with Gasteiger partial charge in [0, 0.05) is 9.90 Å². The molecular weight excluding hydrogens is 296 g/mol. The number of carbonyl (C=O) groups is 2. The molecule has 0 atom stereocenters. The second kappa shape index (κ2) is 6.68. The van der Waals surface area contributed by atoms with Gasteiger partial charge in [0.25, 0.3) is 0 Å². The number of halogens is 1. The molecule has 0 bridgehead atoms. The average molecular weight is 309 g/mol. The standard InChI is InChI=1S/C15H13ClO3S/c1-2-19-14(18)8-11-7-13(9-17)20-15(11)10-3-5-12(16)6-4-10/h3-7,9H,2,8H2,1H3. The summed E-state index contributed by atoms with van der Waals surface area (Å²) in [7, 11) is 0. The molecule has 2 aromatic rings. The van der Waals surface area contributed by atoms with Gasteiger partial charge in [-0.05, 0) is 36.2 Å². The first-order valence-electron chi connectivity index (χ1n) is 6.13. The molecule has 2 rings (SSSR count). The fourth-order valence-electron chi connectivity index (χ4n) is 1.85. The van der Waals surface area contributed by atoms with Crippen LogP contribution in [0.5, 0.6) is 0 Å². The molecule has 0 aliphatic rings. The molecule has 1 aromatic heterocycles. The van der Waals surface area contributed by atoms with E-state index in [0.29, 0.717) is 16.5 Å². The number of aldehydes is 1. The number of thiophene rings is 1. The molecule has 5 heteroatoms. The third kappa shape index (κ3) is 3.46. The van der Waals surface area contributed by atoms with Crippen LogP contribution in [0.2, 0.25) is 5.02 Å². The first kappa shape index (κ1) is 14.8. The Hall–Kier alpha value is -1.65. The van der Waals surface area contributed by atoms with Gasteiger partial charge in [-0.3, -0.25) is 9.59 Å². The van der Waals surface area contributed by atoms with Gasteiger partial charge >= 0.3 is 5.97 Å². The Morgan fingerprint density at radius 1 is 1.35 bits per heavy atom. The predicted octanol–water partition coefficient (Wildman–Crippen LogP) is 3.99. The minimum absolute atomic E-state index is 0.163. The van der Waals surface area contributed by atoms with Gasteiger partial charge in [-0.15, -0.1) is 11.3 Å². The number of carbonyl (C=O) groups excluding carboxylic acids is 2. The van der Waals surface area contributed by atoms with Gasteiger partial charge in [0.2, 0.25) is 0 Å². The predicted molar refractivity (Wildman–Crippen MR) is 80.5 cm³/mol. The topological polar surface area (TPSA) is 43.4 Å². The molecule has 1 aromatic carbocycles. The van der Waals surface area contributed by atoms with Crippen LogP contribution in [0.1, 0.15) is 22.2 Å². The highest BCUT2D eigenvalue weighted by Crippen LogP contribution is 2.33. The molecule has 0 radical (unpaired) electrons. The summed E-state index contributed by atoms with van der Waals surface area (Å²) in [5.41, 5.74) is 1.74. The number of rotatable bonds is 5. The second-order valence-electron chi connectivity index (χ2n) is 4.11. The summed E-state index contributed by atoms with van der Waals surface area (Å²) in [6.07, 6.45) is 0.953. The van der Waals surface area contributed by atoms with E-state index in [9.17, 15) is 9.59 Å². The molecule has 3 nitrogen and oxygen atoms in total. The van der Waals surface area contributed by atoms with Crippen LogP contribution in [-0.4, -0.2) is 18.9 Å². The maximum atomic E-state index is 11.6. The summed E-state index contributed by atoms with van der Waals surface area (Å²) in [5.74, 6) is -0.294. The number of ether oxygens (including phenoxy) is 1. The largest absolute Gasteiger partial charge is 0.466 e. The second-order valence-corrected chi connectivity index (χ2v) is 5.63. The lowest BCUT2D eigenvalue weighted by atomic mass is 10.1. The van der Waals surface area contributed by atoms with Crippen molar-refractivity contribution in [3.63, 3.8) is 0 Å². The van der Waals surface area contributed by atoms with Crippen molar-refractivity contribution in [2.45, 2.75) is 13.3 Å². The smallest absolute Gasteiger partial charge is 0.310 e. The normalized spacial score (nSPS) is 10.3. The molecule has 0 N–H and O–H groups in total. The van der Waals surface area contributed by atoms with Gasteiger partial charge in [0.05, 0.1) is 17.9 Å². The van der Waals surface area contributed by atoms with Crippen molar-refractivity contribution in [2.24, 2.45) is 0 Å². The van der Waals surface area contributed by atoms with Crippen molar-refractivity contribution in [3.05, 3.63) is 45.8 Å². The molecule has 20 heavy (non-hydrogen) atoms. The molecule has 0 unspecified atom stereocenters. The van der Waals surface area contributed by atoms with Crippen molar-refractivity contribution in [3.8, 4) is 10.4 Å². The maximum absolute atomic E-state index is 11.6. The lowest BCUT2D eigenvalue weighted by Gasteiger charge is -2.04. The van der Waals surface area contributed by atoms with Gasteiger partial charge in [-0.1, -0.05) is 23.7 Å². The summed E-state index contributed by atoms with van der Waals surface area (Å²) < 4.78 is 4.95. The zero-order valence-electron chi connectivity index (χ0n) is 10.9. The molecule has 0 aliphatic carbocycles. The van der Waals surface area contributed by atoms with Crippen molar-refractivity contribution in [1.29, 1.82) is 0 Å². The van der Waals surface area contributed by atoms with Crippen LogP contribution < -0.4 is 0 Å². The monoisotopic (exact) mass is 308 g/mol. The van der Waals surface area contributed by atoms with Gasteiger partial charge in [0.15, 0.2) is 6.29 Å². The highest BCUT2D eigenvalue weighted by molar-refractivity contribution is 7.17. The summed E-state index contributed by atoms with van der Waals surface area (Å²) >= 11 is 7.23. The van der Waals surface area contributed by atoms with E-state index >= 15 is 0 Å².